The molecule has 0 aliphatic carbocycles. The third-order valence-electron chi connectivity index (χ3n) is 1.47. The molecule has 11 heavy (non-hydrogen) atoms. The minimum absolute atomic E-state index is 0.332. The molecule has 0 atom stereocenters. The molecular weight excluding hydrogens is 136 g/mol. The minimum Gasteiger partial charge on any atom is -0.396 e. The van der Waals surface area contributed by atoms with Gasteiger partial charge in [-0.2, -0.15) is 0 Å². The van der Waals surface area contributed by atoms with Gasteiger partial charge in [-0.3, -0.25) is 0 Å². The molecule has 0 saturated heterocycles. The summed E-state index contributed by atoms with van der Waals surface area (Å²) in [7, 11) is 0. The van der Waals surface area contributed by atoms with Crippen LogP contribution in [0.3, 0.4) is 0 Å². The molecule has 0 aliphatic rings. The summed E-state index contributed by atoms with van der Waals surface area (Å²) in [5.74, 6) is 0. The second kappa shape index (κ2) is 9.44. The Kier molecular flexibility index (Phi) is 8.96. The molecule has 0 heterocycles. The van der Waals surface area contributed by atoms with Crippen molar-refractivity contribution in [2.45, 2.75) is 32.6 Å². The maximum absolute atomic E-state index is 8.48. The predicted molar refractivity (Wildman–Crippen MR) is 49.5 cm³/mol. The van der Waals surface area contributed by atoms with Crippen molar-refractivity contribution < 1.29 is 5.11 Å². The first kappa shape index (κ1) is 10.4. The van der Waals surface area contributed by atoms with Crippen LogP contribution in [0.5, 0.6) is 0 Å². The van der Waals surface area contributed by atoms with Crippen LogP contribution in [0.2, 0.25) is 0 Å². The zero-order chi connectivity index (χ0) is 8.36. The molecule has 0 unspecified atom stereocenters. The predicted octanol–water partition coefficient (Wildman–Crippen LogP) is 2.67. The Bertz CT molecular complexity index is 114. The molecule has 1 N–H and O–H groups in total. The van der Waals surface area contributed by atoms with Crippen molar-refractivity contribution in [1.82, 2.24) is 0 Å². The highest BCUT2D eigenvalue weighted by atomic mass is 16.2. The van der Waals surface area contributed by atoms with Crippen molar-refractivity contribution >= 4 is 0 Å². The summed E-state index contributed by atoms with van der Waals surface area (Å²) in [4.78, 5) is 0. The number of unbranched alkanes of at least 4 members (excludes halogenated alkanes) is 3. The standard InChI is InChI=1S/C10H18O/c1-2-3-4-5-6-7-8-9-10-11/h2-5,11H,6-10H2,1H3. The normalized spacial score (nSPS) is 11.8. The summed E-state index contributed by atoms with van der Waals surface area (Å²) >= 11 is 0. The van der Waals surface area contributed by atoms with Gasteiger partial charge in [-0.05, 0) is 26.2 Å². The molecule has 0 aliphatic heterocycles. The number of hydrogen-bond donors (Lipinski definition) is 1. The van der Waals surface area contributed by atoms with Crippen LogP contribution in [0.4, 0.5) is 0 Å². The molecule has 0 aromatic rings. The molecule has 0 spiro atoms. The van der Waals surface area contributed by atoms with E-state index < -0.39 is 0 Å². The van der Waals surface area contributed by atoms with Crippen molar-refractivity contribution in [2.75, 3.05) is 6.61 Å². The highest BCUT2D eigenvalue weighted by molar-refractivity contribution is 5.00. The Morgan fingerprint density at radius 1 is 1.09 bits per heavy atom. The van der Waals surface area contributed by atoms with E-state index in [1.165, 1.54) is 6.42 Å². The third kappa shape index (κ3) is 9.44. The van der Waals surface area contributed by atoms with E-state index in [0.717, 1.165) is 19.3 Å². The Morgan fingerprint density at radius 3 is 2.55 bits per heavy atom. The highest BCUT2D eigenvalue weighted by Crippen LogP contribution is 1.99. The first-order valence-corrected chi connectivity index (χ1v) is 4.30. The number of hydrogen-bond acceptors (Lipinski definition) is 1. The lowest BCUT2D eigenvalue weighted by atomic mass is 10.2. The van der Waals surface area contributed by atoms with Gasteiger partial charge in [-0.25, -0.2) is 0 Å². The molecule has 0 fully saturated rings. The number of allylic oxidation sites excluding steroid dienone is 4. The third-order valence-corrected chi connectivity index (χ3v) is 1.47. The minimum atomic E-state index is 0.332. The van der Waals surface area contributed by atoms with Gasteiger partial charge < -0.3 is 5.11 Å². The van der Waals surface area contributed by atoms with Crippen molar-refractivity contribution in [3.05, 3.63) is 24.3 Å². The SMILES string of the molecule is CC=CC=CCCCCCO. The molecule has 0 aromatic heterocycles. The van der Waals surface area contributed by atoms with E-state index in [9.17, 15) is 0 Å². The van der Waals surface area contributed by atoms with Crippen LogP contribution >= 0.6 is 0 Å². The fraction of sp³-hybridized carbons (Fsp3) is 0.600. The fourth-order valence-corrected chi connectivity index (χ4v) is 0.837. The lowest BCUT2D eigenvalue weighted by molar-refractivity contribution is 0.283. The van der Waals surface area contributed by atoms with Gasteiger partial charge in [-0.15, -0.1) is 0 Å². The van der Waals surface area contributed by atoms with Gasteiger partial charge in [0.15, 0.2) is 0 Å². The van der Waals surface area contributed by atoms with Crippen molar-refractivity contribution in [2.24, 2.45) is 0 Å². The second-order valence-corrected chi connectivity index (χ2v) is 2.53. The van der Waals surface area contributed by atoms with Gasteiger partial charge in [0.25, 0.3) is 0 Å². The van der Waals surface area contributed by atoms with E-state index in [1.807, 2.05) is 19.1 Å². The average Bonchev–Trinajstić information content (AvgIpc) is 2.03. The average molecular weight is 154 g/mol. The second-order valence-electron chi connectivity index (χ2n) is 2.53. The van der Waals surface area contributed by atoms with Gasteiger partial charge in [0.2, 0.25) is 0 Å². The maximum atomic E-state index is 8.48. The van der Waals surface area contributed by atoms with Crippen molar-refractivity contribution in [3.63, 3.8) is 0 Å². The van der Waals surface area contributed by atoms with E-state index in [0.29, 0.717) is 6.61 Å². The fourth-order valence-electron chi connectivity index (χ4n) is 0.837. The molecule has 1 heteroatoms. The lowest BCUT2D eigenvalue weighted by Crippen LogP contribution is -1.81. The van der Waals surface area contributed by atoms with Gasteiger partial charge in [0.05, 0.1) is 0 Å². The van der Waals surface area contributed by atoms with Gasteiger partial charge in [-0.1, -0.05) is 30.7 Å². The van der Waals surface area contributed by atoms with Crippen LogP contribution in [0.25, 0.3) is 0 Å². The molecule has 1 nitrogen and oxygen atoms in total. The summed E-state index contributed by atoms with van der Waals surface area (Å²) in [5.41, 5.74) is 0. The highest BCUT2D eigenvalue weighted by Gasteiger charge is 1.83. The molecule has 64 valence electrons. The summed E-state index contributed by atoms with van der Waals surface area (Å²) in [6, 6.07) is 0. The van der Waals surface area contributed by atoms with Crippen LogP contribution in [-0.2, 0) is 0 Å². The quantitative estimate of drug-likeness (QED) is 0.460. The van der Waals surface area contributed by atoms with Crippen molar-refractivity contribution in [3.8, 4) is 0 Å². The van der Waals surface area contributed by atoms with Crippen LogP contribution in [0.1, 0.15) is 32.6 Å². The van der Waals surface area contributed by atoms with Gasteiger partial charge >= 0.3 is 0 Å². The molecule has 0 saturated carbocycles. The zero-order valence-electron chi connectivity index (χ0n) is 7.29. The Morgan fingerprint density at radius 2 is 1.91 bits per heavy atom. The summed E-state index contributed by atoms with van der Waals surface area (Å²) in [5, 5.41) is 8.48. The van der Waals surface area contributed by atoms with Gasteiger partial charge in [0.1, 0.15) is 0 Å². The zero-order valence-corrected chi connectivity index (χ0v) is 7.29. The Labute approximate surface area is 69.4 Å². The summed E-state index contributed by atoms with van der Waals surface area (Å²) in [6.45, 7) is 2.34. The van der Waals surface area contributed by atoms with E-state index in [2.05, 4.69) is 12.2 Å². The molecule has 0 aromatic carbocycles. The van der Waals surface area contributed by atoms with Crippen LogP contribution < -0.4 is 0 Å². The van der Waals surface area contributed by atoms with Gasteiger partial charge in [0, 0.05) is 6.61 Å². The largest absolute Gasteiger partial charge is 0.396 e. The van der Waals surface area contributed by atoms with Crippen LogP contribution in [0.15, 0.2) is 24.3 Å². The first-order chi connectivity index (χ1) is 5.41. The summed E-state index contributed by atoms with van der Waals surface area (Å²) in [6.07, 6.45) is 12.7. The van der Waals surface area contributed by atoms with Crippen LogP contribution in [-0.4, -0.2) is 11.7 Å². The maximum Gasteiger partial charge on any atom is 0.0431 e. The lowest BCUT2D eigenvalue weighted by Gasteiger charge is -1.92. The van der Waals surface area contributed by atoms with E-state index in [1.54, 1.807) is 0 Å². The van der Waals surface area contributed by atoms with Crippen LogP contribution in [0, 0.1) is 0 Å². The number of aliphatic hydroxyl groups excluding tert-OH is 1. The number of aliphatic hydroxyl groups is 1. The Hall–Kier alpha value is -0.560. The van der Waals surface area contributed by atoms with Crippen molar-refractivity contribution in [1.29, 1.82) is 0 Å². The van der Waals surface area contributed by atoms with E-state index >= 15 is 0 Å². The monoisotopic (exact) mass is 154 g/mol. The molecule has 0 amide bonds. The van der Waals surface area contributed by atoms with E-state index in [-0.39, 0.29) is 0 Å². The topological polar surface area (TPSA) is 20.2 Å². The Balaban J connectivity index is 3.01. The summed E-state index contributed by atoms with van der Waals surface area (Å²) < 4.78 is 0. The molecular formula is C10H18O. The van der Waals surface area contributed by atoms with E-state index in [4.69, 9.17) is 5.11 Å². The number of rotatable bonds is 6. The molecule has 0 rings (SSSR count). The molecule has 0 bridgehead atoms. The smallest absolute Gasteiger partial charge is 0.0431 e. The first-order valence-electron chi connectivity index (χ1n) is 4.30. The molecule has 0 radical (unpaired) electrons.